The molecule has 5 nitrogen and oxygen atoms in total. The van der Waals surface area contributed by atoms with E-state index in [-0.39, 0.29) is 16.8 Å². The van der Waals surface area contributed by atoms with Crippen LogP contribution in [-0.4, -0.2) is 11.0 Å². The lowest BCUT2D eigenvalue weighted by Crippen LogP contribution is -2.13. The standard InChI is InChI=1S/C14H10FN3O2/c15-9-1-3-11(13(19)6-9)14(20)18-12-4-2-10(17)5-8(12)7-16/h1-6,19H,17H2,(H,18,20). The second kappa shape index (κ2) is 5.28. The van der Waals surface area contributed by atoms with Gasteiger partial charge in [0.2, 0.25) is 0 Å². The van der Waals surface area contributed by atoms with Crippen LogP contribution in [0.3, 0.4) is 0 Å². The largest absolute Gasteiger partial charge is 0.507 e. The number of amides is 1. The summed E-state index contributed by atoms with van der Waals surface area (Å²) < 4.78 is 12.9. The zero-order valence-electron chi connectivity index (χ0n) is 10.2. The van der Waals surface area contributed by atoms with Crippen molar-refractivity contribution in [1.82, 2.24) is 0 Å². The summed E-state index contributed by atoms with van der Waals surface area (Å²) in [5.41, 5.74) is 6.30. The summed E-state index contributed by atoms with van der Waals surface area (Å²) in [5.74, 6) is -1.77. The Bertz CT molecular complexity index is 723. The van der Waals surface area contributed by atoms with Crippen molar-refractivity contribution in [3.05, 3.63) is 53.3 Å². The number of benzene rings is 2. The van der Waals surface area contributed by atoms with E-state index >= 15 is 0 Å². The lowest BCUT2D eigenvalue weighted by Gasteiger charge is -2.08. The van der Waals surface area contributed by atoms with Crippen LogP contribution in [0.2, 0.25) is 0 Å². The maximum Gasteiger partial charge on any atom is 0.259 e. The van der Waals surface area contributed by atoms with Crippen molar-refractivity contribution < 1.29 is 14.3 Å². The number of nitriles is 1. The maximum absolute atomic E-state index is 12.9. The van der Waals surface area contributed by atoms with Crippen LogP contribution in [0.1, 0.15) is 15.9 Å². The van der Waals surface area contributed by atoms with Crippen LogP contribution < -0.4 is 11.1 Å². The van der Waals surface area contributed by atoms with Gasteiger partial charge in [0.15, 0.2) is 0 Å². The minimum atomic E-state index is -0.649. The number of aromatic hydroxyl groups is 1. The van der Waals surface area contributed by atoms with Crippen molar-refractivity contribution >= 4 is 17.3 Å². The molecule has 2 rings (SSSR count). The predicted molar refractivity (Wildman–Crippen MR) is 71.6 cm³/mol. The topological polar surface area (TPSA) is 99.1 Å². The first-order chi connectivity index (χ1) is 9.51. The highest BCUT2D eigenvalue weighted by Crippen LogP contribution is 2.22. The van der Waals surface area contributed by atoms with E-state index in [1.54, 1.807) is 0 Å². The summed E-state index contributed by atoms with van der Waals surface area (Å²) in [5, 5.41) is 21.0. The second-order valence-corrected chi connectivity index (χ2v) is 4.03. The van der Waals surface area contributed by atoms with E-state index in [1.165, 1.54) is 18.2 Å². The number of anilines is 2. The van der Waals surface area contributed by atoms with Gasteiger partial charge in [-0.3, -0.25) is 4.79 Å². The molecule has 0 aliphatic heterocycles. The average Bonchev–Trinajstić information content (AvgIpc) is 2.40. The number of nitrogens with one attached hydrogen (secondary N) is 1. The summed E-state index contributed by atoms with van der Waals surface area (Å²) in [6, 6.07) is 9.37. The molecule has 0 aliphatic rings. The molecule has 2 aromatic rings. The molecule has 0 fully saturated rings. The third kappa shape index (κ3) is 2.67. The number of nitrogens with two attached hydrogens (primary N) is 1. The number of carbonyl (C=O) groups is 1. The van der Waals surface area contributed by atoms with Crippen LogP contribution in [0.25, 0.3) is 0 Å². The number of hydrogen-bond donors (Lipinski definition) is 3. The van der Waals surface area contributed by atoms with Crippen molar-refractivity contribution in [1.29, 1.82) is 5.26 Å². The van der Waals surface area contributed by atoms with Crippen LogP contribution in [0.5, 0.6) is 5.75 Å². The third-order valence-electron chi connectivity index (χ3n) is 2.62. The van der Waals surface area contributed by atoms with Gasteiger partial charge in [-0.15, -0.1) is 0 Å². The SMILES string of the molecule is N#Cc1cc(N)ccc1NC(=O)c1ccc(F)cc1O. The Morgan fingerprint density at radius 2 is 2.05 bits per heavy atom. The fourth-order valence-corrected chi connectivity index (χ4v) is 1.65. The van der Waals surface area contributed by atoms with Gasteiger partial charge >= 0.3 is 0 Å². The Morgan fingerprint density at radius 3 is 2.70 bits per heavy atom. The molecule has 0 atom stereocenters. The fraction of sp³-hybridized carbons (Fsp3) is 0. The molecule has 0 aliphatic carbocycles. The average molecular weight is 271 g/mol. The highest BCUT2D eigenvalue weighted by Gasteiger charge is 2.13. The lowest BCUT2D eigenvalue weighted by atomic mass is 10.1. The molecular formula is C14H10FN3O2. The maximum atomic E-state index is 12.9. The van der Waals surface area contributed by atoms with Crippen LogP contribution >= 0.6 is 0 Å². The van der Waals surface area contributed by atoms with E-state index in [1.807, 2.05) is 6.07 Å². The Hall–Kier alpha value is -3.07. The molecule has 0 bridgehead atoms. The summed E-state index contributed by atoms with van der Waals surface area (Å²) in [6.45, 7) is 0. The molecule has 1 amide bonds. The predicted octanol–water partition coefficient (Wildman–Crippen LogP) is 2.24. The van der Waals surface area contributed by atoms with E-state index in [0.29, 0.717) is 5.69 Å². The molecule has 4 N–H and O–H groups in total. The van der Waals surface area contributed by atoms with Crippen molar-refractivity contribution in [2.75, 3.05) is 11.1 Å². The minimum absolute atomic E-state index is 0.0906. The molecule has 0 saturated heterocycles. The second-order valence-electron chi connectivity index (χ2n) is 4.03. The molecule has 0 unspecified atom stereocenters. The van der Waals surface area contributed by atoms with Crippen LogP contribution in [-0.2, 0) is 0 Å². The number of halogens is 1. The Kier molecular flexibility index (Phi) is 3.53. The highest BCUT2D eigenvalue weighted by molar-refractivity contribution is 6.06. The molecule has 100 valence electrons. The van der Waals surface area contributed by atoms with Gasteiger partial charge in [0, 0.05) is 11.8 Å². The number of hydrogen-bond acceptors (Lipinski definition) is 4. The van der Waals surface area contributed by atoms with Crippen molar-refractivity contribution in [2.24, 2.45) is 0 Å². The first kappa shape index (κ1) is 13.4. The molecular weight excluding hydrogens is 261 g/mol. The molecule has 0 aromatic heterocycles. The van der Waals surface area contributed by atoms with Crippen LogP contribution in [0.15, 0.2) is 36.4 Å². The Balaban J connectivity index is 2.31. The van der Waals surface area contributed by atoms with Crippen molar-refractivity contribution in [2.45, 2.75) is 0 Å². The number of carbonyl (C=O) groups excluding carboxylic acids is 1. The quantitative estimate of drug-likeness (QED) is 0.729. The third-order valence-corrected chi connectivity index (χ3v) is 2.62. The van der Waals surface area contributed by atoms with Gasteiger partial charge in [-0.25, -0.2) is 4.39 Å². The van der Waals surface area contributed by atoms with E-state index in [9.17, 15) is 14.3 Å². The molecule has 0 heterocycles. The Labute approximate surface area is 114 Å². The van der Waals surface area contributed by atoms with E-state index in [4.69, 9.17) is 11.0 Å². The molecule has 2 aromatic carbocycles. The van der Waals surface area contributed by atoms with Gasteiger partial charge in [0.25, 0.3) is 5.91 Å². The number of rotatable bonds is 2. The molecule has 6 heteroatoms. The van der Waals surface area contributed by atoms with Crippen LogP contribution in [0, 0.1) is 17.1 Å². The monoisotopic (exact) mass is 271 g/mol. The number of nitrogens with zero attached hydrogens (tertiary/aromatic N) is 1. The zero-order chi connectivity index (χ0) is 14.7. The smallest absolute Gasteiger partial charge is 0.259 e. The minimum Gasteiger partial charge on any atom is -0.507 e. The number of nitrogen functional groups attached to an aromatic ring is 1. The van der Waals surface area contributed by atoms with E-state index in [2.05, 4.69) is 5.32 Å². The van der Waals surface area contributed by atoms with Gasteiger partial charge in [-0.1, -0.05) is 0 Å². The van der Waals surface area contributed by atoms with Gasteiger partial charge in [-0.05, 0) is 30.3 Å². The summed E-state index contributed by atoms with van der Waals surface area (Å²) in [7, 11) is 0. The van der Waals surface area contributed by atoms with Crippen LogP contribution in [0.4, 0.5) is 15.8 Å². The summed E-state index contributed by atoms with van der Waals surface area (Å²) in [6.07, 6.45) is 0. The zero-order valence-corrected chi connectivity index (χ0v) is 10.2. The molecule has 0 spiro atoms. The highest BCUT2D eigenvalue weighted by atomic mass is 19.1. The number of phenols is 1. The Morgan fingerprint density at radius 1 is 1.30 bits per heavy atom. The summed E-state index contributed by atoms with van der Waals surface area (Å²) in [4.78, 5) is 12.0. The number of phenolic OH excluding ortho intramolecular Hbond substituents is 1. The lowest BCUT2D eigenvalue weighted by molar-refractivity contribution is 0.102. The first-order valence-corrected chi connectivity index (χ1v) is 5.61. The fourth-order valence-electron chi connectivity index (χ4n) is 1.65. The van der Waals surface area contributed by atoms with Gasteiger partial charge in [-0.2, -0.15) is 5.26 Å². The normalized spacial score (nSPS) is 9.80. The molecule has 0 radical (unpaired) electrons. The van der Waals surface area contributed by atoms with Gasteiger partial charge in [0.1, 0.15) is 17.6 Å². The van der Waals surface area contributed by atoms with Gasteiger partial charge < -0.3 is 16.2 Å². The van der Waals surface area contributed by atoms with Crippen molar-refractivity contribution in [3.63, 3.8) is 0 Å². The van der Waals surface area contributed by atoms with E-state index in [0.717, 1.165) is 18.2 Å². The van der Waals surface area contributed by atoms with Gasteiger partial charge in [0.05, 0.1) is 16.8 Å². The molecule has 20 heavy (non-hydrogen) atoms. The molecule has 0 saturated carbocycles. The van der Waals surface area contributed by atoms with Crippen molar-refractivity contribution in [3.8, 4) is 11.8 Å². The first-order valence-electron chi connectivity index (χ1n) is 5.61. The van der Waals surface area contributed by atoms with E-state index < -0.39 is 17.5 Å². The summed E-state index contributed by atoms with van der Waals surface area (Å²) >= 11 is 0.